The van der Waals surface area contributed by atoms with Crippen LogP contribution in [0.4, 0.5) is 5.69 Å². The summed E-state index contributed by atoms with van der Waals surface area (Å²) < 4.78 is 10.8. The summed E-state index contributed by atoms with van der Waals surface area (Å²) in [6, 6.07) is 11.8. The van der Waals surface area contributed by atoms with Crippen molar-refractivity contribution in [1.82, 2.24) is 4.90 Å². The van der Waals surface area contributed by atoms with Gasteiger partial charge in [0.2, 0.25) is 0 Å². The number of rotatable bonds is 7. The zero-order chi connectivity index (χ0) is 21.8. The molecule has 2 aliphatic rings. The summed E-state index contributed by atoms with van der Waals surface area (Å²) in [6.45, 7) is 3.32. The van der Waals surface area contributed by atoms with Crippen molar-refractivity contribution in [2.24, 2.45) is 0 Å². The number of nitro benzene ring substituents is 1. The lowest BCUT2D eigenvalue weighted by atomic mass is 9.80. The van der Waals surface area contributed by atoms with Gasteiger partial charge < -0.3 is 14.4 Å². The molecule has 31 heavy (non-hydrogen) atoms. The average Bonchev–Trinajstić information content (AvgIpc) is 2.82. The first kappa shape index (κ1) is 21.6. The van der Waals surface area contributed by atoms with Gasteiger partial charge in [-0.1, -0.05) is 12.1 Å². The van der Waals surface area contributed by atoms with Crippen molar-refractivity contribution in [2.75, 3.05) is 33.9 Å². The highest BCUT2D eigenvalue weighted by atomic mass is 16.6. The second-order valence-corrected chi connectivity index (χ2v) is 8.75. The van der Waals surface area contributed by atoms with Gasteiger partial charge in [-0.15, -0.1) is 0 Å². The standard InChI is InChI=1S/C25H32N2O4/c1-30-24-9-6-20(17-25(24)31-2)18-10-13-26(14-11-18)15-12-19-4-3-5-21-16-22(27(28)29)7-8-23(19)21/h6-9,16-19H,3-5,10-15H2,1-2H3. The molecule has 0 bridgehead atoms. The molecule has 6 nitrogen and oxygen atoms in total. The number of hydrogen-bond donors (Lipinski definition) is 0. The van der Waals surface area contributed by atoms with Crippen LogP contribution < -0.4 is 9.47 Å². The molecule has 0 N–H and O–H groups in total. The molecule has 1 aliphatic heterocycles. The monoisotopic (exact) mass is 424 g/mol. The number of hydrogen-bond acceptors (Lipinski definition) is 5. The second-order valence-electron chi connectivity index (χ2n) is 8.75. The van der Waals surface area contributed by atoms with Crippen LogP contribution in [0.2, 0.25) is 0 Å². The van der Waals surface area contributed by atoms with E-state index in [4.69, 9.17) is 9.47 Å². The first-order valence-electron chi connectivity index (χ1n) is 11.3. The number of fused-ring (bicyclic) bond motifs is 1. The van der Waals surface area contributed by atoms with Gasteiger partial charge in [0, 0.05) is 12.1 Å². The van der Waals surface area contributed by atoms with Crippen molar-refractivity contribution in [3.8, 4) is 11.5 Å². The molecule has 1 heterocycles. The normalized spacial score (nSPS) is 19.6. The summed E-state index contributed by atoms with van der Waals surface area (Å²) in [5.41, 5.74) is 4.06. The predicted octanol–water partition coefficient (Wildman–Crippen LogP) is 5.30. The highest BCUT2D eigenvalue weighted by Gasteiger charge is 2.25. The van der Waals surface area contributed by atoms with Crippen LogP contribution in [0, 0.1) is 10.1 Å². The summed E-state index contributed by atoms with van der Waals surface area (Å²) in [5, 5.41) is 11.1. The minimum Gasteiger partial charge on any atom is -0.493 e. The minimum atomic E-state index is -0.285. The van der Waals surface area contributed by atoms with Crippen LogP contribution in [0.25, 0.3) is 0 Å². The fraction of sp³-hybridized carbons (Fsp3) is 0.520. The Labute approximate surface area is 184 Å². The lowest BCUT2D eigenvalue weighted by molar-refractivity contribution is -0.384. The minimum absolute atomic E-state index is 0.219. The number of piperidine rings is 1. The number of methoxy groups -OCH3 is 2. The lowest BCUT2D eigenvalue weighted by Crippen LogP contribution is -2.34. The van der Waals surface area contributed by atoms with Gasteiger partial charge in [-0.3, -0.25) is 10.1 Å². The number of aryl methyl sites for hydroxylation is 1. The third-order valence-electron chi connectivity index (χ3n) is 7.04. The van der Waals surface area contributed by atoms with E-state index in [1.54, 1.807) is 26.4 Å². The Hall–Kier alpha value is -2.60. The van der Waals surface area contributed by atoms with Gasteiger partial charge in [-0.2, -0.15) is 0 Å². The van der Waals surface area contributed by atoms with E-state index in [0.717, 1.165) is 63.2 Å². The molecule has 1 unspecified atom stereocenters. The van der Waals surface area contributed by atoms with Crippen LogP contribution in [-0.4, -0.2) is 43.7 Å². The fourth-order valence-electron chi connectivity index (χ4n) is 5.25. The molecule has 2 aromatic carbocycles. The molecule has 4 rings (SSSR count). The van der Waals surface area contributed by atoms with E-state index in [1.165, 1.54) is 23.1 Å². The van der Waals surface area contributed by atoms with E-state index in [9.17, 15) is 10.1 Å². The summed E-state index contributed by atoms with van der Waals surface area (Å²) >= 11 is 0. The van der Waals surface area contributed by atoms with E-state index in [1.807, 2.05) is 12.1 Å². The SMILES string of the molecule is COc1ccc(C2CCN(CCC3CCCc4cc([N+](=O)[O-])ccc43)CC2)cc1OC. The van der Waals surface area contributed by atoms with Gasteiger partial charge in [0.15, 0.2) is 11.5 Å². The van der Waals surface area contributed by atoms with Crippen molar-refractivity contribution >= 4 is 5.69 Å². The number of benzene rings is 2. The van der Waals surface area contributed by atoms with Crippen LogP contribution in [0.15, 0.2) is 36.4 Å². The number of nitro groups is 1. The molecule has 0 radical (unpaired) electrons. The predicted molar refractivity (Wildman–Crippen MR) is 121 cm³/mol. The summed E-state index contributed by atoms with van der Waals surface area (Å²) in [6.07, 6.45) is 6.72. The van der Waals surface area contributed by atoms with E-state index >= 15 is 0 Å². The average molecular weight is 425 g/mol. The van der Waals surface area contributed by atoms with Crippen LogP contribution >= 0.6 is 0 Å². The zero-order valence-corrected chi connectivity index (χ0v) is 18.5. The molecule has 0 saturated carbocycles. The van der Waals surface area contributed by atoms with E-state index < -0.39 is 0 Å². The third kappa shape index (κ3) is 4.85. The number of ether oxygens (including phenoxy) is 2. The molecule has 1 fully saturated rings. The van der Waals surface area contributed by atoms with Gasteiger partial charge in [-0.05, 0) is 98.8 Å². The number of nitrogens with zero attached hydrogens (tertiary/aromatic N) is 2. The summed E-state index contributed by atoms with van der Waals surface area (Å²) in [4.78, 5) is 13.4. The van der Waals surface area contributed by atoms with Crippen LogP contribution in [0.1, 0.15) is 60.6 Å². The fourth-order valence-corrected chi connectivity index (χ4v) is 5.25. The Morgan fingerprint density at radius 3 is 2.52 bits per heavy atom. The van der Waals surface area contributed by atoms with Crippen LogP contribution in [0.3, 0.4) is 0 Å². The van der Waals surface area contributed by atoms with Crippen LogP contribution in [-0.2, 0) is 6.42 Å². The third-order valence-corrected chi connectivity index (χ3v) is 7.04. The molecule has 6 heteroatoms. The maximum Gasteiger partial charge on any atom is 0.269 e. The lowest BCUT2D eigenvalue weighted by Gasteiger charge is -2.34. The molecule has 2 aromatic rings. The second kappa shape index (κ2) is 9.69. The maximum atomic E-state index is 11.1. The van der Waals surface area contributed by atoms with E-state index in [0.29, 0.717) is 11.8 Å². The van der Waals surface area contributed by atoms with Gasteiger partial charge in [0.1, 0.15) is 0 Å². The molecule has 0 amide bonds. The van der Waals surface area contributed by atoms with Gasteiger partial charge in [0.05, 0.1) is 19.1 Å². The first-order valence-corrected chi connectivity index (χ1v) is 11.3. The number of likely N-dealkylation sites (tertiary alicyclic amines) is 1. The van der Waals surface area contributed by atoms with Gasteiger partial charge >= 0.3 is 0 Å². The quantitative estimate of drug-likeness (QED) is 0.446. The number of non-ortho nitro benzene ring substituents is 1. The van der Waals surface area contributed by atoms with Crippen molar-refractivity contribution in [2.45, 2.75) is 50.4 Å². The molecular weight excluding hydrogens is 392 g/mol. The Balaban J connectivity index is 1.32. The molecule has 1 atom stereocenters. The molecular formula is C25H32N2O4. The summed E-state index contributed by atoms with van der Waals surface area (Å²) in [5.74, 6) is 2.67. The zero-order valence-electron chi connectivity index (χ0n) is 18.5. The van der Waals surface area contributed by atoms with E-state index in [-0.39, 0.29) is 10.6 Å². The largest absolute Gasteiger partial charge is 0.493 e. The molecule has 0 aromatic heterocycles. The van der Waals surface area contributed by atoms with Crippen molar-refractivity contribution in [3.63, 3.8) is 0 Å². The first-order chi connectivity index (χ1) is 15.1. The Kier molecular flexibility index (Phi) is 6.76. The maximum absolute atomic E-state index is 11.1. The van der Waals surface area contributed by atoms with Crippen molar-refractivity contribution < 1.29 is 14.4 Å². The Morgan fingerprint density at radius 2 is 1.81 bits per heavy atom. The summed E-state index contributed by atoms with van der Waals surface area (Å²) in [7, 11) is 3.35. The molecule has 1 saturated heterocycles. The topological polar surface area (TPSA) is 64.8 Å². The van der Waals surface area contributed by atoms with Crippen LogP contribution in [0.5, 0.6) is 11.5 Å². The highest BCUT2D eigenvalue weighted by molar-refractivity contribution is 5.44. The van der Waals surface area contributed by atoms with Crippen molar-refractivity contribution in [1.29, 1.82) is 0 Å². The van der Waals surface area contributed by atoms with E-state index in [2.05, 4.69) is 17.0 Å². The molecule has 0 spiro atoms. The Bertz CT molecular complexity index is 922. The highest BCUT2D eigenvalue weighted by Crippen LogP contribution is 2.37. The van der Waals surface area contributed by atoms with Gasteiger partial charge in [0.25, 0.3) is 5.69 Å². The Morgan fingerprint density at radius 1 is 1.03 bits per heavy atom. The smallest absolute Gasteiger partial charge is 0.269 e. The molecule has 166 valence electrons. The van der Waals surface area contributed by atoms with Gasteiger partial charge in [-0.25, -0.2) is 0 Å². The van der Waals surface area contributed by atoms with Crippen molar-refractivity contribution in [3.05, 3.63) is 63.2 Å². The molecule has 1 aliphatic carbocycles.